The molecule has 0 atom stereocenters. The van der Waals surface area contributed by atoms with E-state index in [1.165, 1.54) is 0 Å². The van der Waals surface area contributed by atoms with Crippen LogP contribution in [0.15, 0.2) is 42.6 Å². The molecule has 2 rings (SSSR count). The first-order valence-electron chi connectivity index (χ1n) is 5.26. The Balaban J connectivity index is 1.95. The summed E-state index contributed by atoms with van der Waals surface area (Å²) in [6, 6.07) is 10.4. The van der Waals surface area contributed by atoms with E-state index in [1.54, 1.807) is 36.5 Å². The van der Waals surface area contributed by atoms with Crippen molar-refractivity contribution in [2.75, 3.05) is 6.61 Å². The van der Waals surface area contributed by atoms with Gasteiger partial charge in [0.15, 0.2) is 6.61 Å². The number of aromatic amines is 1. The molecule has 5 heteroatoms. The molecular weight excluding hydrogens is 345 g/mol. The number of hydrogen-bond acceptors (Lipinski definition) is 3. The molecule has 1 aromatic carbocycles. The minimum atomic E-state index is -0.492. The summed E-state index contributed by atoms with van der Waals surface area (Å²) in [4.78, 5) is 26.0. The second-order valence-electron chi connectivity index (χ2n) is 3.59. The molecular formula is C13H10INO3. The zero-order chi connectivity index (χ0) is 13.0. The van der Waals surface area contributed by atoms with E-state index in [9.17, 15) is 9.59 Å². The van der Waals surface area contributed by atoms with Crippen LogP contribution in [-0.2, 0) is 4.74 Å². The molecule has 0 saturated carbocycles. The highest BCUT2D eigenvalue weighted by Gasteiger charge is 2.12. The van der Waals surface area contributed by atoms with Crippen LogP contribution in [0.2, 0.25) is 0 Å². The number of ketones is 1. The average molecular weight is 355 g/mol. The van der Waals surface area contributed by atoms with Gasteiger partial charge in [-0.3, -0.25) is 4.79 Å². The standard InChI is InChI=1S/C13H10INO3/c14-10-4-1-3-9(7-10)13(17)18-8-12(16)11-5-2-6-15-11/h1-7,15H,8H2. The lowest BCUT2D eigenvalue weighted by Gasteiger charge is -2.03. The second-order valence-corrected chi connectivity index (χ2v) is 4.84. The predicted molar refractivity (Wildman–Crippen MR) is 74.6 cm³/mol. The van der Waals surface area contributed by atoms with Crippen molar-refractivity contribution in [1.82, 2.24) is 4.98 Å². The maximum atomic E-state index is 11.7. The second kappa shape index (κ2) is 5.81. The van der Waals surface area contributed by atoms with Crippen LogP contribution in [0.1, 0.15) is 20.8 Å². The van der Waals surface area contributed by atoms with Crippen LogP contribution in [0.25, 0.3) is 0 Å². The summed E-state index contributed by atoms with van der Waals surface area (Å²) in [6.45, 7) is -0.259. The molecule has 0 fully saturated rings. The molecule has 0 aliphatic rings. The molecule has 2 aromatic rings. The lowest BCUT2D eigenvalue weighted by molar-refractivity contribution is 0.0473. The molecule has 0 aliphatic carbocycles. The predicted octanol–water partition coefficient (Wildman–Crippen LogP) is 2.66. The first kappa shape index (κ1) is 12.8. The molecule has 4 nitrogen and oxygen atoms in total. The summed E-state index contributed by atoms with van der Waals surface area (Å²) in [5.41, 5.74) is 0.881. The van der Waals surface area contributed by atoms with Gasteiger partial charge in [0.1, 0.15) is 0 Å². The SMILES string of the molecule is O=C(OCC(=O)c1ccc[nH]1)c1cccc(I)c1. The molecule has 1 N–H and O–H groups in total. The highest BCUT2D eigenvalue weighted by Crippen LogP contribution is 2.09. The molecule has 0 bridgehead atoms. The van der Waals surface area contributed by atoms with Crippen molar-refractivity contribution in [3.05, 3.63) is 57.4 Å². The number of hydrogen-bond donors (Lipinski definition) is 1. The first-order valence-corrected chi connectivity index (χ1v) is 6.34. The van der Waals surface area contributed by atoms with Gasteiger partial charge in [0, 0.05) is 9.77 Å². The Morgan fingerprint density at radius 3 is 2.72 bits per heavy atom. The minimum Gasteiger partial charge on any atom is -0.454 e. The molecule has 92 valence electrons. The van der Waals surface area contributed by atoms with E-state index >= 15 is 0 Å². The lowest BCUT2D eigenvalue weighted by atomic mass is 10.2. The maximum Gasteiger partial charge on any atom is 0.338 e. The monoisotopic (exact) mass is 355 g/mol. The number of halogens is 1. The zero-order valence-electron chi connectivity index (χ0n) is 9.35. The summed E-state index contributed by atoms with van der Waals surface area (Å²) in [5.74, 6) is -0.743. The van der Waals surface area contributed by atoms with Gasteiger partial charge in [0.2, 0.25) is 5.78 Å². The third-order valence-electron chi connectivity index (χ3n) is 2.29. The maximum absolute atomic E-state index is 11.7. The van der Waals surface area contributed by atoms with E-state index in [0.29, 0.717) is 11.3 Å². The average Bonchev–Trinajstić information content (AvgIpc) is 2.89. The van der Waals surface area contributed by atoms with Gasteiger partial charge >= 0.3 is 5.97 Å². The molecule has 0 aliphatic heterocycles. The number of nitrogens with one attached hydrogen (secondary N) is 1. The van der Waals surface area contributed by atoms with Gasteiger partial charge in [0.25, 0.3) is 0 Å². The number of H-pyrrole nitrogens is 1. The summed E-state index contributed by atoms with van der Waals surface area (Å²) < 4.78 is 5.90. The van der Waals surface area contributed by atoms with Gasteiger partial charge < -0.3 is 9.72 Å². The van der Waals surface area contributed by atoms with Crippen molar-refractivity contribution < 1.29 is 14.3 Å². The van der Waals surface area contributed by atoms with Crippen molar-refractivity contribution in [2.45, 2.75) is 0 Å². The molecule has 0 saturated heterocycles. The molecule has 0 unspecified atom stereocenters. The summed E-state index contributed by atoms with van der Waals surface area (Å²) >= 11 is 2.11. The van der Waals surface area contributed by atoms with Gasteiger partial charge in [-0.15, -0.1) is 0 Å². The van der Waals surface area contributed by atoms with Crippen LogP contribution in [0.5, 0.6) is 0 Å². The number of benzene rings is 1. The third kappa shape index (κ3) is 3.19. The van der Waals surface area contributed by atoms with E-state index in [2.05, 4.69) is 27.6 Å². The number of rotatable bonds is 4. The van der Waals surface area contributed by atoms with Crippen molar-refractivity contribution in [1.29, 1.82) is 0 Å². The van der Waals surface area contributed by atoms with Gasteiger partial charge in [-0.2, -0.15) is 0 Å². The fraction of sp³-hybridized carbons (Fsp3) is 0.0769. The molecule has 1 heterocycles. The van der Waals surface area contributed by atoms with E-state index in [1.807, 2.05) is 6.07 Å². The fourth-order valence-corrected chi connectivity index (χ4v) is 1.95. The van der Waals surface area contributed by atoms with Gasteiger partial charge in [0.05, 0.1) is 11.3 Å². The normalized spacial score (nSPS) is 10.1. The summed E-state index contributed by atoms with van der Waals surface area (Å²) in [7, 11) is 0. The zero-order valence-corrected chi connectivity index (χ0v) is 11.5. The van der Waals surface area contributed by atoms with Gasteiger partial charge in [-0.25, -0.2) is 4.79 Å². The van der Waals surface area contributed by atoms with Gasteiger partial charge in [-0.05, 0) is 52.9 Å². The Morgan fingerprint density at radius 2 is 2.06 bits per heavy atom. The van der Waals surface area contributed by atoms with E-state index in [4.69, 9.17) is 4.74 Å². The lowest BCUT2D eigenvalue weighted by Crippen LogP contribution is -2.14. The molecule has 0 radical (unpaired) electrons. The quantitative estimate of drug-likeness (QED) is 0.521. The van der Waals surface area contributed by atoms with Crippen LogP contribution in [0, 0.1) is 3.57 Å². The van der Waals surface area contributed by atoms with Crippen LogP contribution in [0.4, 0.5) is 0 Å². The fourth-order valence-electron chi connectivity index (χ4n) is 1.41. The van der Waals surface area contributed by atoms with E-state index < -0.39 is 5.97 Å². The number of ether oxygens (including phenoxy) is 1. The first-order chi connectivity index (χ1) is 8.66. The van der Waals surface area contributed by atoms with Gasteiger partial charge in [-0.1, -0.05) is 6.07 Å². The van der Waals surface area contributed by atoms with Crippen molar-refractivity contribution in [3.63, 3.8) is 0 Å². The highest BCUT2D eigenvalue weighted by atomic mass is 127. The van der Waals surface area contributed by atoms with Crippen molar-refractivity contribution >= 4 is 34.3 Å². The number of aromatic nitrogens is 1. The third-order valence-corrected chi connectivity index (χ3v) is 2.96. The van der Waals surface area contributed by atoms with Crippen LogP contribution in [-0.4, -0.2) is 23.3 Å². The number of esters is 1. The van der Waals surface area contributed by atoms with Crippen LogP contribution in [0.3, 0.4) is 0 Å². The summed E-state index contributed by atoms with van der Waals surface area (Å²) in [5, 5.41) is 0. The van der Waals surface area contributed by atoms with E-state index in [-0.39, 0.29) is 12.4 Å². The van der Waals surface area contributed by atoms with Crippen LogP contribution >= 0.6 is 22.6 Å². The Labute approximate surface area is 117 Å². The Hall–Kier alpha value is -1.63. The largest absolute Gasteiger partial charge is 0.454 e. The minimum absolute atomic E-state index is 0.251. The smallest absolute Gasteiger partial charge is 0.338 e. The Morgan fingerprint density at radius 1 is 1.22 bits per heavy atom. The molecule has 0 spiro atoms. The molecule has 1 aromatic heterocycles. The molecule has 0 amide bonds. The Bertz CT molecular complexity index is 563. The highest BCUT2D eigenvalue weighted by molar-refractivity contribution is 14.1. The summed E-state index contributed by atoms with van der Waals surface area (Å²) in [6.07, 6.45) is 1.65. The number of carbonyl (C=O) groups excluding carboxylic acids is 2. The van der Waals surface area contributed by atoms with Crippen molar-refractivity contribution in [3.8, 4) is 0 Å². The van der Waals surface area contributed by atoms with Crippen molar-refractivity contribution in [2.24, 2.45) is 0 Å². The Kier molecular flexibility index (Phi) is 4.14. The van der Waals surface area contributed by atoms with Crippen LogP contribution < -0.4 is 0 Å². The van der Waals surface area contributed by atoms with E-state index in [0.717, 1.165) is 3.57 Å². The topological polar surface area (TPSA) is 59.2 Å². The number of Topliss-reactive ketones (excluding diaryl/α,β-unsaturated/α-hetero) is 1. The number of carbonyl (C=O) groups is 2. The molecule has 18 heavy (non-hydrogen) atoms.